The van der Waals surface area contributed by atoms with Gasteiger partial charge in [0, 0.05) is 6.42 Å². The number of hydrogen-bond donors (Lipinski definition) is 3. The Bertz CT molecular complexity index is 496. The number of carboxylic acids is 1. The van der Waals surface area contributed by atoms with Crippen LogP contribution in [0.1, 0.15) is 12.5 Å². The van der Waals surface area contributed by atoms with E-state index in [2.05, 4.69) is 17.2 Å². The molecule has 5 nitrogen and oxygen atoms in total. The van der Waals surface area contributed by atoms with Gasteiger partial charge in [0.2, 0.25) is 0 Å². The average Bonchev–Trinajstić information content (AvgIpc) is 2.31. The summed E-state index contributed by atoms with van der Waals surface area (Å²) in [6.45, 7) is 1.50. The summed E-state index contributed by atoms with van der Waals surface area (Å²) in [5, 5.41) is 20.4. The van der Waals surface area contributed by atoms with Crippen molar-refractivity contribution in [3.8, 4) is 17.6 Å². The molecule has 0 saturated heterocycles. The van der Waals surface area contributed by atoms with Gasteiger partial charge in [0.25, 0.3) is 5.91 Å². The molecule has 0 fully saturated rings. The third-order valence-corrected chi connectivity index (χ3v) is 2.22. The first-order chi connectivity index (χ1) is 8.52. The van der Waals surface area contributed by atoms with Crippen molar-refractivity contribution in [3.05, 3.63) is 29.8 Å². The molecule has 0 unspecified atom stereocenters. The molecule has 0 aliphatic heterocycles. The van der Waals surface area contributed by atoms with Crippen LogP contribution < -0.4 is 5.32 Å². The van der Waals surface area contributed by atoms with Gasteiger partial charge in [-0.3, -0.25) is 4.79 Å². The fourth-order valence-electron chi connectivity index (χ4n) is 1.38. The number of carbonyl (C=O) groups excluding carboxylic acids is 1. The molecule has 0 heterocycles. The lowest BCUT2D eigenvalue weighted by Gasteiger charge is -2.12. The van der Waals surface area contributed by atoms with E-state index in [1.807, 2.05) is 0 Å². The molecule has 0 bridgehead atoms. The lowest BCUT2D eigenvalue weighted by Crippen LogP contribution is -2.41. The van der Waals surface area contributed by atoms with E-state index in [9.17, 15) is 9.59 Å². The van der Waals surface area contributed by atoms with Crippen LogP contribution in [0.3, 0.4) is 0 Å². The Labute approximate surface area is 104 Å². The Morgan fingerprint density at radius 3 is 2.44 bits per heavy atom. The highest BCUT2D eigenvalue weighted by molar-refractivity contribution is 5.96. The zero-order chi connectivity index (χ0) is 13.5. The first-order valence-electron chi connectivity index (χ1n) is 5.27. The second-order valence-corrected chi connectivity index (χ2v) is 3.61. The minimum Gasteiger partial charge on any atom is -0.508 e. The summed E-state index contributed by atoms with van der Waals surface area (Å²) in [5.41, 5.74) is 0.699. The standard InChI is InChI=1S/C13H13NO4/c1-2-3-12(16)14-11(13(17)18)8-9-4-6-10(15)7-5-9/h4-7,11,15H,8H2,1H3,(H,14,16)(H,17,18)/t11-/m1/s1. The van der Waals surface area contributed by atoms with Gasteiger partial charge in [0.1, 0.15) is 11.8 Å². The molecule has 5 heteroatoms. The van der Waals surface area contributed by atoms with Gasteiger partial charge in [0.05, 0.1) is 0 Å². The molecular formula is C13H13NO4. The molecule has 0 radical (unpaired) electrons. The van der Waals surface area contributed by atoms with Crippen molar-refractivity contribution in [2.24, 2.45) is 0 Å². The Kier molecular flexibility index (Phi) is 4.76. The van der Waals surface area contributed by atoms with Crippen LogP contribution in [-0.4, -0.2) is 28.1 Å². The van der Waals surface area contributed by atoms with Gasteiger partial charge >= 0.3 is 5.97 Å². The van der Waals surface area contributed by atoms with Crippen LogP contribution in [0.2, 0.25) is 0 Å². The lowest BCUT2D eigenvalue weighted by molar-refractivity contribution is -0.141. The van der Waals surface area contributed by atoms with E-state index in [4.69, 9.17) is 10.2 Å². The monoisotopic (exact) mass is 247 g/mol. The topological polar surface area (TPSA) is 86.6 Å². The van der Waals surface area contributed by atoms with Crippen molar-refractivity contribution >= 4 is 11.9 Å². The van der Waals surface area contributed by atoms with Crippen LogP contribution in [0.5, 0.6) is 5.75 Å². The lowest BCUT2D eigenvalue weighted by atomic mass is 10.1. The van der Waals surface area contributed by atoms with Gasteiger partial charge in [-0.1, -0.05) is 18.1 Å². The summed E-state index contributed by atoms with van der Waals surface area (Å²) >= 11 is 0. The maximum atomic E-state index is 11.2. The molecule has 18 heavy (non-hydrogen) atoms. The molecule has 94 valence electrons. The molecule has 1 rings (SSSR count). The van der Waals surface area contributed by atoms with Crippen LogP contribution >= 0.6 is 0 Å². The molecule has 0 aliphatic carbocycles. The van der Waals surface area contributed by atoms with Gasteiger partial charge < -0.3 is 15.5 Å². The molecule has 0 spiro atoms. The molecule has 3 N–H and O–H groups in total. The number of amides is 1. The van der Waals surface area contributed by atoms with Crippen molar-refractivity contribution in [1.29, 1.82) is 0 Å². The van der Waals surface area contributed by atoms with E-state index >= 15 is 0 Å². The van der Waals surface area contributed by atoms with Crippen LogP contribution in [0.25, 0.3) is 0 Å². The second kappa shape index (κ2) is 6.30. The zero-order valence-corrected chi connectivity index (χ0v) is 9.80. The van der Waals surface area contributed by atoms with Crippen molar-refractivity contribution in [3.63, 3.8) is 0 Å². The normalized spacial score (nSPS) is 10.9. The quantitative estimate of drug-likeness (QED) is 0.677. The minimum atomic E-state index is -1.13. The number of nitrogens with one attached hydrogen (secondary N) is 1. The number of benzene rings is 1. The molecule has 0 aliphatic rings. The number of phenolic OH excluding ortho intramolecular Hbond substituents is 1. The van der Waals surface area contributed by atoms with Crippen LogP contribution in [0.4, 0.5) is 0 Å². The van der Waals surface area contributed by atoms with Crippen molar-refractivity contribution in [2.75, 3.05) is 0 Å². The number of carboxylic acid groups (broad SMARTS) is 1. The number of rotatable bonds is 4. The molecule has 1 amide bonds. The van der Waals surface area contributed by atoms with E-state index in [1.165, 1.54) is 19.1 Å². The summed E-state index contributed by atoms with van der Waals surface area (Å²) in [7, 11) is 0. The highest BCUT2D eigenvalue weighted by Gasteiger charge is 2.19. The van der Waals surface area contributed by atoms with Gasteiger partial charge in [0.15, 0.2) is 0 Å². The Morgan fingerprint density at radius 2 is 1.94 bits per heavy atom. The fourth-order valence-corrected chi connectivity index (χ4v) is 1.38. The van der Waals surface area contributed by atoms with Crippen molar-refractivity contribution < 1.29 is 19.8 Å². The number of phenols is 1. The predicted molar refractivity (Wildman–Crippen MR) is 64.8 cm³/mol. The van der Waals surface area contributed by atoms with E-state index in [1.54, 1.807) is 12.1 Å². The van der Waals surface area contributed by atoms with Crippen molar-refractivity contribution in [2.45, 2.75) is 19.4 Å². The SMILES string of the molecule is CC#CC(=O)N[C@H](Cc1ccc(O)cc1)C(=O)O. The maximum absolute atomic E-state index is 11.2. The summed E-state index contributed by atoms with van der Waals surface area (Å²) in [6, 6.07) is 5.08. The zero-order valence-electron chi connectivity index (χ0n) is 9.80. The van der Waals surface area contributed by atoms with Gasteiger partial charge in [-0.25, -0.2) is 4.79 Å². The van der Waals surface area contributed by atoms with Gasteiger partial charge in [-0.05, 0) is 30.5 Å². The highest BCUT2D eigenvalue weighted by Crippen LogP contribution is 2.11. The third kappa shape index (κ3) is 4.18. The number of hydrogen-bond acceptors (Lipinski definition) is 3. The third-order valence-electron chi connectivity index (χ3n) is 2.22. The summed E-state index contributed by atoms with van der Waals surface area (Å²) < 4.78 is 0. The minimum absolute atomic E-state index is 0.103. The largest absolute Gasteiger partial charge is 0.508 e. The van der Waals surface area contributed by atoms with E-state index in [0.717, 1.165) is 0 Å². The molecule has 0 saturated carbocycles. The highest BCUT2D eigenvalue weighted by atomic mass is 16.4. The molecule has 1 atom stereocenters. The molecule has 0 aromatic heterocycles. The van der Waals surface area contributed by atoms with Gasteiger partial charge in [-0.15, -0.1) is 0 Å². The number of carbonyl (C=O) groups is 2. The van der Waals surface area contributed by atoms with Gasteiger partial charge in [-0.2, -0.15) is 0 Å². The van der Waals surface area contributed by atoms with Crippen LogP contribution in [0.15, 0.2) is 24.3 Å². The van der Waals surface area contributed by atoms with E-state index < -0.39 is 17.9 Å². The van der Waals surface area contributed by atoms with Crippen LogP contribution in [0, 0.1) is 11.8 Å². The first-order valence-corrected chi connectivity index (χ1v) is 5.27. The predicted octanol–water partition coefficient (Wildman–Crippen LogP) is 0.527. The Morgan fingerprint density at radius 1 is 1.33 bits per heavy atom. The molecule has 1 aromatic rings. The van der Waals surface area contributed by atoms with E-state index in [0.29, 0.717) is 5.56 Å². The molecular weight excluding hydrogens is 234 g/mol. The summed E-state index contributed by atoms with van der Waals surface area (Å²) in [6.07, 6.45) is 0.132. The van der Waals surface area contributed by atoms with E-state index in [-0.39, 0.29) is 12.2 Å². The maximum Gasteiger partial charge on any atom is 0.326 e. The second-order valence-electron chi connectivity index (χ2n) is 3.61. The smallest absolute Gasteiger partial charge is 0.326 e. The average molecular weight is 247 g/mol. The Balaban J connectivity index is 2.73. The number of aromatic hydroxyl groups is 1. The molecule has 1 aromatic carbocycles. The number of aliphatic carboxylic acids is 1. The summed E-state index contributed by atoms with van der Waals surface area (Å²) in [5.74, 6) is 2.97. The van der Waals surface area contributed by atoms with Crippen molar-refractivity contribution in [1.82, 2.24) is 5.32 Å². The Hall–Kier alpha value is -2.48. The summed E-state index contributed by atoms with van der Waals surface area (Å²) in [4.78, 5) is 22.2. The fraction of sp³-hybridized carbons (Fsp3) is 0.231. The first kappa shape index (κ1) is 13.6. The van der Waals surface area contributed by atoms with Crippen LogP contribution in [-0.2, 0) is 16.0 Å².